The fraction of sp³-hybridized carbons (Fsp3) is 0.222. The van der Waals surface area contributed by atoms with Gasteiger partial charge in [0.1, 0.15) is 20.2 Å². The van der Waals surface area contributed by atoms with Gasteiger partial charge in [-0.1, -0.05) is 39.1 Å². The molecule has 1 atom stereocenters. The van der Waals surface area contributed by atoms with Gasteiger partial charge in [0.05, 0.1) is 5.56 Å². The molecule has 0 aliphatic heterocycles. The fourth-order valence-electron chi connectivity index (χ4n) is 1.38. The van der Waals surface area contributed by atoms with E-state index in [2.05, 4.69) is 15.9 Å². The topological polar surface area (TPSA) is 20.3 Å². The van der Waals surface area contributed by atoms with Crippen LogP contribution in [0.3, 0.4) is 0 Å². The van der Waals surface area contributed by atoms with Crippen LogP contribution in [0.15, 0.2) is 12.1 Å². The normalized spacial score (nSPS) is 15.1. The van der Waals surface area contributed by atoms with Crippen molar-refractivity contribution in [3.8, 4) is 0 Å². The number of hydrogen-bond donors (Lipinski definition) is 0. The molecule has 1 amide bonds. The maximum Gasteiger partial charge on any atom is 0.416 e. The van der Waals surface area contributed by atoms with E-state index < -0.39 is 49.0 Å². The van der Waals surface area contributed by atoms with Crippen LogP contribution in [0.25, 0.3) is 0 Å². The molecule has 118 valence electrons. The van der Waals surface area contributed by atoms with Gasteiger partial charge in [-0.25, -0.2) is 4.79 Å². The van der Waals surface area contributed by atoms with Crippen molar-refractivity contribution < 1.29 is 31.4 Å². The first kappa shape index (κ1) is 18.5. The molecule has 0 bridgehead atoms. The quantitative estimate of drug-likeness (QED) is 0.293. The second-order valence-electron chi connectivity index (χ2n) is 3.59. The first-order valence-corrected chi connectivity index (χ1v) is 6.71. The molecule has 0 N–H and O–H groups in total. The van der Waals surface area contributed by atoms with Crippen molar-refractivity contribution >= 4 is 50.7 Å². The summed E-state index contributed by atoms with van der Waals surface area (Å²) in [6.07, 6.45) is -4.87. The van der Waals surface area contributed by atoms with E-state index in [4.69, 9.17) is 23.2 Å². The Morgan fingerprint density at radius 1 is 1.24 bits per heavy atom. The van der Waals surface area contributed by atoms with E-state index in [0.29, 0.717) is 0 Å². The van der Waals surface area contributed by atoms with Gasteiger partial charge in [0, 0.05) is 4.48 Å². The summed E-state index contributed by atoms with van der Waals surface area (Å²) < 4.78 is 77.3. The van der Waals surface area contributed by atoms with Gasteiger partial charge in [0.15, 0.2) is 0 Å². The number of carbonyl (C=O) groups excluding carboxylic acids is 1. The number of nitrogens with zero attached hydrogens (tertiary/aromatic N) is 2. The lowest BCUT2D eigenvalue weighted by atomic mass is 10.2. The molecular formula is C9H4BrCl2F6N2O+. The minimum Gasteiger partial charge on any atom is -0.223 e. The van der Waals surface area contributed by atoms with E-state index >= 15 is 0 Å². The van der Waals surface area contributed by atoms with Crippen LogP contribution in [0, 0.1) is 0 Å². The summed E-state index contributed by atoms with van der Waals surface area (Å²) in [5.41, 5.74) is -4.85. The van der Waals surface area contributed by atoms with E-state index in [1.807, 2.05) is 0 Å². The summed E-state index contributed by atoms with van der Waals surface area (Å²) in [6.45, 7) is 0. The zero-order valence-corrected chi connectivity index (χ0v) is 12.7. The number of benzene rings is 1. The number of carbonyl (C=O) groups is 1. The number of amides is 1. The second-order valence-corrected chi connectivity index (χ2v) is 4.96. The molecule has 1 aromatic rings. The highest BCUT2D eigenvalue weighted by Crippen LogP contribution is 2.44. The van der Waals surface area contributed by atoms with E-state index in [-0.39, 0.29) is 12.1 Å². The molecule has 0 aliphatic rings. The van der Waals surface area contributed by atoms with E-state index in [1.165, 1.54) is 0 Å². The lowest BCUT2D eigenvalue weighted by molar-refractivity contribution is -0.339. The zero-order valence-electron chi connectivity index (χ0n) is 9.57. The standard InChI is InChI=1S/C9H4BrCl2F6N2O/c10-3-7(21)20(18,19(16)17)8-5(11)1-4(2-6(8)12)9(13,14)15/h1-2H,3H2/q+1. The first-order valence-electron chi connectivity index (χ1n) is 4.83. The fourth-order valence-corrected chi connectivity index (χ4v) is 2.42. The Labute approximate surface area is 132 Å². The average Bonchev–Trinajstić information content (AvgIpc) is 2.35. The molecule has 1 rings (SSSR count). The van der Waals surface area contributed by atoms with Gasteiger partial charge in [-0.2, -0.15) is 13.2 Å². The predicted octanol–water partition coefficient (Wildman–Crippen LogP) is 5.11. The van der Waals surface area contributed by atoms with E-state index in [9.17, 15) is 31.4 Å². The number of hydrogen-bond acceptors (Lipinski definition) is 2. The summed E-state index contributed by atoms with van der Waals surface area (Å²) in [5, 5.41) is -3.01. The van der Waals surface area contributed by atoms with Crippen molar-refractivity contribution in [2.24, 2.45) is 0 Å². The molecule has 3 nitrogen and oxygen atoms in total. The molecular weight excluding hydrogens is 417 g/mol. The van der Waals surface area contributed by atoms with Crippen LogP contribution in [-0.2, 0) is 11.0 Å². The van der Waals surface area contributed by atoms with Crippen LogP contribution in [0.5, 0.6) is 0 Å². The average molecular weight is 421 g/mol. The molecule has 1 aromatic carbocycles. The predicted molar refractivity (Wildman–Crippen MR) is 67.2 cm³/mol. The van der Waals surface area contributed by atoms with Crippen molar-refractivity contribution in [2.45, 2.75) is 6.18 Å². The molecule has 0 fully saturated rings. The third-order valence-electron chi connectivity index (χ3n) is 2.29. The van der Waals surface area contributed by atoms with Crippen LogP contribution >= 0.6 is 39.1 Å². The highest BCUT2D eigenvalue weighted by atomic mass is 79.9. The largest absolute Gasteiger partial charge is 0.416 e. The minimum atomic E-state index is -4.87. The highest BCUT2D eigenvalue weighted by Gasteiger charge is 2.54. The number of halogens is 9. The summed E-state index contributed by atoms with van der Waals surface area (Å²) in [4.78, 5) is 8.06. The minimum absolute atomic E-state index is 0.195. The van der Waals surface area contributed by atoms with Crippen molar-refractivity contribution in [1.82, 2.24) is 10.3 Å². The summed E-state index contributed by atoms with van der Waals surface area (Å²) in [6, 6.07) is 0.390. The van der Waals surface area contributed by atoms with E-state index in [1.54, 1.807) is 0 Å². The van der Waals surface area contributed by atoms with Gasteiger partial charge in [-0.05, 0) is 21.1 Å². The van der Waals surface area contributed by atoms with Gasteiger partial charge >= 0.3 is 12.1 Å². The third-order valence-corrected chi connectivity index (χ3v) is 3.35. The molecule has 12 heteroatoms. The molecule has 0 aromatic heterocycles. The Morgan fingerprint density at radius 3 is 1.95 bits per heavy atom. The number of alkyl halides is 4. The zero-order chi connectivity index (χ0) is 16.6. The Bertz CT molecular complexity index is 547. The van der Waals surface area contributed by atoms with Crippen LogP contribution < -0.4 is 4.81 Å². The SMILES string of the molecule is O=C(CBr)[N+](F)(c1c(Cl)cc(C(F)(F)F)cc1Cl)N(F)F. The lowest BCUT2D eigenvalue weighted by Crippen LogP contribution is -2.53. The molecule has 0 aliphatic carbocycles. The van der Waals surface area contributed by atoms with Gasteiger partial charge in [0.25, 0.3) is 5.45 Å². The monoisotopic (exact) mass is 419 g/mol. The van der Waals surface area contributed by atoms with E-state index in [0.717, 1.165) is 0 Å². The van der Waals surface area contributed by atoms with Crippen molar-refractivity contribution in [3.05, 3.63) is 27.7 Å². The summed E-state index contributed by atoms with van der Waals surface area (Å²) in [5.74, 6) is -1.75. The van der Waals surface area contributed by atoms with Crippen molar-refractivity contribution in [1.29, 1.82) is 0 Å². The number of quaternary nitrogens is 1. The molecule has 0 saturated heterocycles. The van der Waals surface area contributed by atoms with Crippen molar-refractivity contribution in [2.75, 3.05) is 5.33 Å². The molecule has 1 unspecified atom stereocenters. The molecule has 0 spiro atoms. The Hall–Kier alpha value is -0.550. The molecule has 0 radical (unpaired) electrons. The molecule has 0 saturated carbocycles. The number of rotatable bonds is 3. The third kappa shape index (κ3) is 3.45. The van der Waals surface area contributed by atoms with Crippen LogP contribution in [0.2, 0.25) is 10.0 Å². The van der Waals surface area contributed by atoms with Crippen LogP contribution in [0.4, 0.5) is 32.3 Å². The lowest BCUT2D eigenvalue weighted by Gasteiger charge is -2.22. The molecule has 21 heavy (non-hydrogen) atoms. The van der Waals surface area contributed by atoms with Gasteiger partial charge in [0.2, 0.25) is 5.69 Å². The Kier molecular flexibility index (Phi) is 5.54. The van der Waals surface area contributed by atoms with Gasteiger partial charge in [-0.15, -0.1) is 0 Å². The summed E-state index contributed by atoms with van der Waals surface area (Å²) in [7, 11) is 0. The van der Waals surface area contributed by atoms with Gasteiger partial charge in [-0.3, -0.25) is 0 Å². The van der Waals surface area contributed by atoms with Crippen LogP contribution in [0.1, 0.15) is 5.56 Å². The maximum absolute atomic E-state index is 14.3. The van der Waals surface area contributed by atoms with Gasteiger partial charge < -0.3 is 0 Å². The maximum atomic E-state index is 14.3. The Morgan fingerprint density at radius 2 is 1.67 bits per heavy atom. The van der Waals surface area contributed by atoms with Crippen LogP contribution in [-0.4, -0.2) is 16.7 Å². The summed E-state index contributed by atoms with van der Waals surface area (Å²) >= 11 is 13.3. The van der Waals surface area contributed by atoms with Crippen molar-refractivity contribution in [3.63, 3.8) is 0 Å². The Balaban J connectivity index is 3.59. The highest BCUT2D eigenvalue weighted by molar-refractivity contribution is 9.09. The smallest absolute Gasteiger partial charge is 0.223 e. The second kappa shape index (κ2) is 6.29. The molecule has 0 heterocycles. The first-order chi connectivity index (χ1) is 9.46.